The summed E-state index contributed by atoms with van der Waals surface area (Å²) in [4.78, 5) is 2.07. The van der Waals surface area contributed by atoms with Crippen molar-refractivity contribution in [3.05, 3.63) is 76.9 Å². The van der Waals surface area contributed by atoms with Crippen molar-refractivity contribution >= 4 is 5.57 Å². The number of hydrogen-bond donors (Lipinski definition) is 1. The van der Waals surface area contributed by atoms with Crippen LogP contribution >= 0.6 is 0 Å². The molecule has 2 unspecified atom stereocenters. The standard InChI is InChI=1S/C22H23F2NO/c1-14(26)25-10-8-16(9-11-25)21-13-20(15-2-4-17(23)5-3-15)19-7-6-18(24)12-22(19)21/h2-7,12-14,16,21,26H,8-11H2,1H3. The molecule has 136 valence electrons. The second-order valence-corrected chi connectivity index (χ2v) is 7.35. The van der Waals surface area contributed by atoms with Crippen LogP contribution in [0.25, 0.3) is 5.57 Å². The van der Waals surface area contributed by atoms with Crippen molar-refractivity contribution in [3.63, 3.8) is 0 Å². The van der Waals surface area contributed by atoms with Crippen LogP contribution in [0.2, 0.25) is 0 Å². The van der Waals surface area contributed by atoms with Crippen molar-refractivity contribution < 1.29 is 13.9 Å². The van der Waals surface area contributed by atoms with E-state index < -0.39 is 6.23 Å². The highest BCUT2D eigenvalue weighted by atomic mass is 19.1. The van der Waals surface area contributed by atoms with Crippen LogP contribution < -0.4 is 0 Å². The third-order valence-electron chi connectivity index (χ3n) is 5.77. The molecule has 0 saturated carbocycles. The average molecular weight is 355 g/mol. The molecule has 1 N–H and O–H groups in total. The first kappa shape index (κ1) is 17.4. The van der Waals surface area contributed by atoms with E-state index in [0.717, 1.165) is 48.2 Å². The van der Waals surface area contributed by atoms with Gasteiger partial charge < -0.3 is 5.11 Å². The van der Waals surface area contributed by atoms with Gasteiger partial charge in [-0.15, -0.1) is 0 Å². The van der Waals surface area contributed by atoms with Gasteiger partial charge in [0.15, 0.2) is 0 Å². The monoisotopic (exact) mass is 355 g/mol. The van der Waals surface area contributed by atoms with Gasteiger partial charge in [-0.3, -0.25) is 4.90 Å². The topological polar surface area (TPSA) is 23.5 Å². The Labute approximate surface area is 152 Å². The van der Waals surface area contributed by atoms with Gasteiger partial charge in [-0.25, -0.2) is 8.78 Å². The number of benzene rings is 2. The fourth-order valence-electron chi connectivity index (χ4n) is 4.34. The molecule has 0 radical (unpaired) electrons. The molecule has 1 aliphatic carbocycles. The van der Waals surface area contributed by atoms with Crippen LogP contribution in [0, 0.1) is 17.6 Å². The van der Waals surface area contributed by atoms with Gasteiger partial charge in [0.25, 0.3) is 0 Å². The van der Waals surface area contributed by atoms with Crippen molar-refractivity contribution in [2.24, 2.45) is 5.92 Å². The third kappa shape index (κ3) is 3.19. The molecule has 0 spiro atoms. The first-order valence-electron chi connectivity index (χ1n) is 9.22. The normalized spacial score (nSPS) is 22.2. The van der Waals surface area contributed by atoms with Crippen LogP contribution in [0.5, 0.6) is 0 Å². The van der Waals surface area contributed by atoms with Gasteiger partial charge in [-0.05, 0) is 72.2 Å². The summed E-state index contributed by atoms with van der Waals surface area (Å²) in [7, 11) is 0. The largest absolute Gasteiger partial charge is 0.379 e. The van der Waals surface area contributed by atoms with E-state index in [2.05, 4.69) is 11.0 Å². The number of aliphatic hydroxyl groups excluding tert-OH is 1. The van der Waals surface area contributed by atoms with Crippen LogP contribution in [-0.4, -0.2) is 29.3 Å². The highest BCUT2D eigenvalue weighted by Crippen LogP contribution is 2.46. The minimum absolute atomic E-state index is 0.164. The number of aliphatic hydroxyl groups is 1. The Bertz CT molecular complexity index is 821. The molecule has 1 saturated heterocycles. The van der Waals surface area contributed by atoms with Crippen molar-refractivity contribution in [3.8, 4) is 0 Å². The summed E-state index contributed by atoms with van der Waals surface area (Å²) in [6, 6.07) is 11.5. The summed E-state index contributed by atoms with van der Waals surface area (Å²) in [5.74, 6) is 0.109. The predicted octanol–water partition coefficient (Wildman–Crippen LogP) is 4.54. The smallest absolute Gasteiger partial charge is 0.123 e. The Hall–Kier alpha value is -2.04. The van der Waals surface area contributed by atoms with Crippen molar-refractivity contribution in [2.45, 2.75) is 31.9 Å². The van der Waals surface area contributed by atoms with Gasteiger partial charge in [0.1, 0.15) is 17.9 Å². The maximum Gasteiger partial charge on any atom is 0.123 e. The molecule has 26 heavy (non-hydrogen) atoms. The zero-order valence-electron chi connectivity index (χ0n) is 14.8. The van der Waals surface area contributed by atoms with E-state index in [0.29, 0.717) is 5.92 Å². The molecule has 2 aromatic carbocycles. The molecule has 2 aliphatic rings. The first-order chi connectivity index (χ1) is 12.5. The number of allylic oxidation sites excluding steroid dienone is 1. The maximum atomic E-state index is 13.9. The Morgan fingerprint density at radius 2 is 1.65 bits per heavy atom. The lowest BCUT2D eigenvalue weighted by atomic mass is 9.81. The fourth-order valence-corrected chi connectivity index (χ4v) is 4.34. The lowest BCUT2D eigenvalue weighted by molar-refractivity contribution is -0.00446. The van der Waals surface area contributed by atoms with Crippen molar-refractivity contribution in [1.82, 2.24) is 4.90 Å². The third-order valence-corrected chi connectivity index (χ3v) is 5.77. The lowest BCUT2D eigenvalue weighted by Gasteiger charge is -2.36. The zero-order valence-corrected chi connectivity index (χ0v) is 14.8. The molecular formula is C22H23F2NO. The van der Waals surface area contributed by atoms with E-state index in [1.807, 2.05) is 6.07 Å². The van der Waals surface area contributed by atoms with E-state index in [9.17, 15) is 13.9 Å². The number of halogens is 2. The molecule has 2 atom stereocenters. The Balaban J connectivity index is 1.67. The quantitative estimate of drug-likeness (QED) is 0.873. The molecule has 4 heteroatoms. The lowest BCUT2D eigenvalue weighted by Crippen LogP contribution is -2.40. The predicted molar refractivity (Wildman–Crippen MR) is 98.6 cm³/mol. The van der Waals surface area contributed by atoms with Crippen LogP contribution in [0.4, 0.5) is 8.78 Å². The number of hydrogen-bond acceptors (Lipinski definition) is 2. The molecule has 1 aliphatic heterocycles. The molecule has 1 heterocycles. The zero-order chi connectivity index (χ0) is 18.3. The van der Waals surface area contributed by atoms with Gasteiger partial charge in [0.2, 0.25) is 0 Å². The summed E-state index contributed by atoms with van der Waals surface area (Å²) in [6.45, 7) is 3.50. The molecule has 2 aromatic rings. The average Bonchev–Trinajstić information content (AvgIpc) is 3.01. The van der Waals surface area contributed by atoms with E-state index >= 15 is 0 Å². The summed E-state index contributed by atoms with van der Waals surface area (Å²) in [5, 5.41) is 9.77. The van der Waals surface area contributed by atoms with Gasteiger partial charge in [0, 0.05) is 19.0 Å². The summed E-state index contributed by atoms with van der Waals surface area (Å²) < 4.78 is 27.2. The summed E-state index contributed by atoms with van der Waals surface area (Å²) in [6.07, 6.45) is 3.74. The van der Waals surface area contributed by atoms with Crippen LogP contribution in [-0.2, 0) is 0 Å². The molecule has 1 fully saturated rings. The van der Waals surface area contributed by atoms with Gasteiger partial charge in [-0.2, -0.15) is 0 Å². The first-order valence-corrected chi connectivity index (χ1v) is 9.22. The summed E-state index contributed by atoms with van der Waals surface area (Å²) >= 11 is 0. The van der Waals surface area contributed by atoms with E-state index in [1.54, 1.807) is 25.1 Å². The SMILES string of the molecule is CC(O)N1CCC(C2C=C(c3ccc(F)cc3)c3ccc(F)cc32)CC1. The minimum atomic E-state index is -0.422. The molecule has 4 rings (SSSR count). The van der Waals surface area contributed by atoms with Crippen LogP contribution in [0.3, 0.4) is 0 Å². The highest BCUT2D eigenvalue weighted by Gasteiger charge is 2.33. The van der Waals surface area contributed by atoms with Gasteiger partial charge in [-0.1, -0.05) is 24.3 Å². The number of rotatable bonds is 3. The Morgan fingerprint density at radius 3 is 2.31 bits per heavy atom. The summed E-state index contributed by atoms with van der Waals surface area (Å²) in [5.41, 5.74) is 4.09. The molecule has 0 amide bonds. The number of nitrogens with zero attached hydrogens (tertiary/aromatic N) is 1. The van der Waals surface area contributed by atoms with Crippen LogP contribution in [0.15, 0.2) is 48.5 Å². The number of piperidine rings is 1. The fraction of sp³-hybridized carbons (Fsp3) is 0.364. The molecule has 0 bridgehead atoms. The molecule has 2 nitrogen and oxygen atoms in total. The van der Waals surface area contributed by atoms with Crippen molar-refractivity contribution in [1.29, 1.82) is 0 Å². The second-order valence-electron chi connectivity index (χ2n) is 7.35. The van der Waals surface area contributed by atoms with E-state index in [-0.39, 0.29) is 17.6 Å². The van der Waals surface area contributed by atoms with Gasteiger partial charge >= 0.3 is 0 Å². The van der Waals surface area contributed by atoms with E-state index in [4.69, 9.17) is 0 Å². The highest BCUT2D eigenvalue weighted by molar-refractivity contribution is 5.85. The maximum absolute atomic E-state index is 13.9. The van der Waals surface area contributed by atoms with Crippen LogP contribution in [0.1, 0.15) is 42.4 Å². The van der Waals surface area contributed by atoms with E-state index in [1.165, 1.54) is 18.2 Å². The number of likely N-dealkylation sites (tertiary alicyclic amines) is 1. The Morgan fingerprint density at radius 1 is 1.00 bits per heavy atom. The van der Waals surface area contributed by atoms with Gasteiger partial charge in [0.05, 0.1) is 0 Å². The number of fused-ring (bicyclic) bond motifs is 1. The van der Waals surface area contributed by atoms with Crippen molar-refractivity contribution in [2.75, 3.05) is 13.1 Å². The molecule has 0 aromatic heterocycles. The Kier molecular flexibility index (Phi) is 4.63. The minimum Gasteiger partial charge on any atom is -0.379 e. The molecular weight excluding hydrogens is 332 g/mol. The second kappa shape index (κ2) is 6.93.